The van der Waals surface area contributed by atoms with Crippen molar-refractivity contribution in [2.24, 2.45) is 33.7 Å². The van der Waals surface area contributed by atoms with E-state index in [4.69, 9.17) is 28.7 Å². The Morgan fingerprint density at radius 2 is 1.76 bits per heavy atom. The molecular weight excluding hydrogens is 608 g/mol. The van der Waals surface area contributed by atoms with Crippen molar-refractivity contribution in [1.29, 1.82) is 0 Å². The van der Waals surface area contributed by atoms with Gasteiger partial charge in [0.15, 0.2) is 5.96 Å². The maximum absolute atomic E-state index is 13.4. The van der Waals surface area contributed by atoms with Crippen LogP contribution < -0.4 is 71.2 Å². The van der Waals surface area contributed by atoms with Gasteiger partial charge >= 0.3 is 6.03 Å². The monoisotopic (exact) mass is 652 g/mol. The van der Waals surface area contributed by atoms with Gasteiger partial charge in [0.2, 0.25) is 29.5 Å². The third-order valence-electron chi connectivity index (χ3n) is 6.81. The minimum absolute atomic E-state index is 0.0101. The predicted molar refractivity (Wildman–Crippen MR) is 163 cm³/mol. The Hall–Kier alpha value is -5.02. The summed E-state index contributed by atoms with van der Waals surface area (Å²) in [7, 11) is 0. The van der Waals surface area contributed by atoms with Gasteiger partial charge in [0.1, 0.15) is 29.9 Å². The molecule has 46 heavy (non-hydrogen) atoms. The number of hydrogen-bond acceptors (Lipinski definition) is 13. The molecule has 6 atom stereocenters. The van der Waals surface area contributed by atoms with Crippen LogP contribution in [0.4, 0.5) is 4.79 Å². The number of urea groups is 1. The first-order valence-electron chi connectivity index (χ1n) is 14.5. The van der Waals surface area contributed by atoms with E-state index in [0.29, 0.717) is 25.9 Å². The van der Waals surface area contributed by atoms with Gasteiger partial charge in [-0.15, -0.1) is 0 Å². The molecule has 0 unspecified atom stereocenters. The van der Waals surface area contributed by atoms with E-state index >= 15 is 0 Å². The Morgan fingerprint density at radius 1 is 1.04 bits per heavy atom. The van der Waals surface area contributed by atoms with E-state index in [2.05, 4.69) is 47.5 Å². The van der Waals surface area contributed by atoms with Crippen LogP contribution in [-0.4, -0.2) is 110 Å². The quantitative estimate of drug-likeness (QED) is 0.103. The molecule has 256 valence electrons. The van der Waals surface area contributed by atoms with Gasteiger partial charge in [-0.3, -0.25) is 28.8 Å². The van der Waals surface area contributed by atoms with E-state index in [1.165, 1.54) is 6.92 Å². The Balaban J connectivity index is 2.43. The van der Waals surface area contributed by atoms with Crippen molar-refractivity contribution in [2.75, 3.05) is 26.2 Å². The van der Waals surface area contributed by atoms with Crippen molar-refractivity contribution in [3.05, 3.63) is 11.9 Å². The minimum atomic E-state index is -1.52. The molecule has 1 saturated heterocycles. The van der Waals surface area contributed by atoms with Gasteiger partial charge in [-0.1, -0.05) is 0 Å². The van der Waals surface area contributed by atoms with Crippen LogP contribution in [0, 0.1) is 0 Å². The molecule has 0 aromatic rings. The zero-order valence-electron chi connectivity index (χ0n) is 25.4. The number of nitrogens with two attached hydrogens (primary N) is 5. The highest BCUT2D eigenvalue weighted by atomic mass is 16.2. The highest BCUT2D eigenvalue weighted by Gasteiger charge is 2.34. The summed E-state index contributed by atoms with van der Waals surface area (Å²) < 4.78 is 0. The van der Waals surface area contributed by atoms with Crippen LogP contribution in [0.2, 0.25) is 0 Å². The Kier molecular flexibility index (Phi) is 14.6. The lowest BCUT2D eigenvalue weighted by molar-refractivity contribution is -0.133. The SMILES string of the molecule is C[C@@H]1NC(=O)[C@@H](N)CNC(=O)[C@H]([C@@H]2CCNC(N)=N2)NC(=O)C(=CNC(N)=O)NC(=O)[C@H](CNC(=O)C[C@@H](N)CCCN)NC1=O. The Morgan fingerprint density at radius 3 is 2.41 bits per heavy atom. The summed E-state index contributed by atoms with van der Waals surface area (Å²) in [4.78, 5) is 93.9. The van der Waals surface area contributed by atoms with Crippen LogP contribution in [0.15, 0.2) is 16.9 Å². The zero-order valence-corrected chi connectivity index (χ0v) is 25.4. The summed E-state index contributed by atoms with van der Waals surface area (Å²) in [5, 5.41) is 19.3. The molecule has 0 spiro atoms. The van der Waals surface area contributed by atoms with Crippen LogP contribution >= 0.6 is 0 Å². The molecule has 2 heterocycles. The van der Waals surface area contributed by atoms with Crippen LogP contribution in [0.3, 0.4) is 0 Å². The maximum atomic E-state index is 13.4. The third kappa shape index (κ3) is 12.2. The minimum Gasteiger partial charge on any atom is -0.370 e. The van der Waals surface area contributed by atoms with E-state index < -0.39 is 90.0 Å². The van der Waals surface area contributed by atoms with Gasteiger partial charge in [0.25, 0.3) is 5.91 Å². The highest BCUT2D eigenvalue weighted by Crippen LogP contribution is 2.09. The highest BCUT2D eigenvalue weighted by molar-refractivity contribution is 6.02. The molecule has 0 bridgehead atoms. The second kappa shape index (κ2) is 18.1. The molecule has 0 saturated carbocycles. The summed E-state index contributed by atoms with van der Waals surface area (Å²) in [6.45, 7) is 1.17. The number of hydrogen-bond donors (Lipinski definition) is 13. The number of nitrogens with zero attached hydrogens (tertiary/aromatic N) is 1. The number of primary amides is 1. The smallest absolute Gasteiger partial charge is 0.316 e. The average molecular weight is 653 g/mol. The van der Waals surface area contributed by atoms with Crippen LogP contribution in [0.25, 0.3) is 0 Å². The lowest BCUT2D eigenvalue weighted by Crippen LogP contribution is -2.61. The molecule has 8 amide bonds. The first-order valence-corrected chi connectivity index (χ1v) is 14.5. The van der Waals surface area contributed by atoms with Gasteiger partial charge in [-0.25, -0.2) is 9.79 Å². The summed E-state index contributed by atoms with van der Waals surface area (Å²) in [5.41, 5.74) is 27.7. The number of nitrogens with one attached hydrogen (secondary N) is 8. The molecule has 0 aromatic carbocycles. The molecule has 2 aliphatic rings. The Labute approximate surface area is 264 Å². The lowest BCUT2D eigenvalue weighted by Gasteiger charge is -2.29. The molecule has 0 aromatic heterocycles. The number of aliphatic imine (C=N–C) groups is 1. The number of amides is 8. The van der Waals surface area contributed by atoms with Gasteiger partial charge in [0, 0.05) is 38.3 Å². The summed E-state index contributed by atoms with van der Waals surface area (Å²) in [5.74, 6) is -5.07. The second-order valence-corrected chi connectivity index (χ2v) is 10.6. The molecule has 1 fully saturated rings. The standard InChI is InChI=1S/C25H44N14O7/c1-11-19(41)36-15(9-32-17(40)7-12(27)3-2-5-26)21(43)37-16(10-34-25(30)46)22(44)39-18(14-4-6-31-24(29)38-14)23(45)33-8-13(28)20(42)35-11/h10-15,18H,2-9,26-28H2,1H3,(H,32,40)(H,33,45)(H,35,42)(H,36,41)(H,37,43)(H,39,44)(H3,29,31,38)(H3,30,34,46)/t11-,12-,13-,14-,15-,18-/m0/s1. The van der Waals surface area contributed by atoms with Crippen molar-refractivity contribution >= 4 is 47.4 Å². The van der Waals surface area contributed by atoms with E-state index in [0.717, 1.165) is 6.20 Å². The van der Waals surface area contributed by atoms with Gasteiger partial charge in [0.05, 0.1) is 6.04 Å². The molecule has 0 radical (unpaired) electrons. The summed E-state index contributed by atoms with van der Waals surface area (Å²) >= 11 is 0. The summed E-state index contributed by atoms with van der Waals surface area (Å²) in [6, 6.07) is -7.93. The number of rotatable bonds is 9. The van der Waals surface area contributed by atoms with Crippen molar-refractivity contribution in [3.63, 3.8) is 0 Å². The number of carbonyl (C=O) groups excluding carboxylic acids is 7. The van der Waals surface area contributed by atoms with Crippen molar-refractivity contribution in [2.45, 2.75) is 68.9 Å². The average Bonchev–Trinajstić information content (AvgIpc) is 3.00. The van der Waals surface area contributed by atoms with Crippen molar-refractivity contribution in [1.82, 2.24) is 42.5 Å². The molecule has 2 rings (SSSR count). The normalized spacial score (nSPS) is 26.6. The zero-order chi connectivity index (χ0) is 34.4. The van der Waals surface area contributed by atoms with E-state index in [1.807, 2.05) is 0 Å². The number of carbonyl (C=O) groups is 7. The van der Waals surface area contributed by atoms with Crippen LogP contribution in [0.5, 0.6) is 0 Å². The second-order valence-electron chi connectivity index (χ2n) is 10.6. The van der Waals surface area contributed by atoms with Gasteiger partial charge in [-0.2, -0.15) is 0 Å². The topological polar surface area (TPSA) is 358 Å². The Bertz CT molecular complexity index is 1230. The fourth-order valence-corrected chi connectivity index (χ4v) is 4.27. The fourth-order valence-electron chi connectivity index (χ4n) is 4.27. The van der Waals surface area contributed by atoms with Crippen LogP contribution in [0.1, 0.15) is 32.6 Å². The first-order chi connectivity index (χ1) is 21.7. The van der Waals surface area contributed by atoms with Crippen LogP contribution in [-0.2, 0) is 28.8 Å². The molecule has 18 N–H and O–H groups in total. The third-order valence-corrected chi connectivity index (χ3v) is 6.81. The van der Waals surface area contributed by atoms with Crippen molar-refractivity contribution < 1.29 is 33.6 Å². The largest absolute Gasteiger partial charge is 0.370 e. The number of guanidine groups is 1. The van der Waals surface area contributed by atoms with Crippen molar-refractivity contribution in [3.8, 4) is 0 Å². The van der Waals surface area contributed by atoms with Gasteiger partial charge in [-0.05, 0) is 32.7 Å². The van der Waals surface area contributed by atoms with E-state index in [-0.39, 0.29) is 25.3 Å². The van der Waals surface area contributed by atoms with Gasteiger partial charge < -0.3 is 71.2 Å². The predicted octanol–water partition coefficient (Wildman–Crippen LogP) is -7.21. The van der Waals surface area contributed by atoms with E-state index in [9.17, 15) is 33.6 Å². The fraction of sp³-hybridized carbons (Fsp3) is 0.600. The lowest BCUT2D eigenvalue weighted by atomic mass is 10.0. The maximum Gasteiger partial charge on any atom is 0.316 e. The van der Waals surface area contributed by atoms with E-state index in [1.54, 1.807) is 0 Å². The molecule has 21 heteroatoms. The summed E-state index contributed by atoms with van der Waals surface area (Å²) in [6.07, 6.45) is 2.00. The molecule has 21 nitrogen and oxygen atoms in total. The molecule has 0 aliphatic carbocycles. The first kappa shape index (κ1) is 37.2. The molecule has 2 aliphatic heterocycles. The molecular formula is C25H44N14O7.